The number of hydrogen-bond acceptors (Lipinski definition) is 4. The van der Waals surface area contributed by atoms with Crippen LogP contribution in [-0.4, -0.2) is 36.1 Å². The molecule has 1 amide bonds. The van der Waals surface area contributed by atoms with E-state index in [0.29, 0.717) is 12.5 Å². The molecule has 4 nitrogen and oxygen atoms in total. The number of rotatable bonds is 7. The molecule has 1 aliphatic carbocycles. The van der Waals surface area contributed by atoms with Gasteiger partial charge in [-0.1, -0.05) is 12.1 Å². The molecule has 2 N–H and O–H groups in total. The highest BCUT2D eigenvalue weighted by Crippen LogP contribution is 2.34. The number of benzene rings is 1. The normalized spacial score (nSPS) is 17.5. The number of aryl methyl sites for hydroxylation is 1. The van der Waals surface area contributed by atoms with Gasteiger partial charge in [0, 0.05) is 17.3 Å². The molecule has 0 bridgehead atoms. The fourth-order valence-corrected chi connectivity index (χ4v) is 4.42. The lowest BCUT2D eigenvalue weighted by Crippen LogP contribution is -2.33. The Morgan fingerprint density at radius 1 is 1.32 bits per heavy atom. The Morgan fingerprint density at radius 3 is 2.80 bits per heavy atom. The first-order valence-corrected chi connectivity index (χ1v) is 9.71. The number of aromatic hydroxyl groups is 1. The van der Waals surface area contributed by atoms with Gasteiger partial charge in [-0.2, -0.15) is 0 Å². The molecule has 0 saturated heterocycles. The molecule has 0 spiro atoms. The first-order valence-electron chi connectivity index (χ1n) is 8.83. The van der Waals surface area contributed by atoms with Crippen molar-refractivity contribution in [2.45, 2.75) is 44.2 Å². The zero-order chi connectivity index (χ0) is 17.8. The Balaban J connectivity index is 1.51. The van der Waals surface area contributed by atoms with E-state index in [2.05, 4.69) is 35.8 Å². The van der Waals surface area contributed by atoms with Crippen LogP contribution in [0.3, 0.4) is 0 Å². The Bertz CT molecular complexity index is 709. The van der Waals surface area contributed by atoms with Gasteiger partial charge in [0.2, 0.25) is 5.91 Å². The van der Waals surface area contributed by atoms with E-state index in [1.54, 1.807) is 23.5 Å². The molecule has 134 valence electrons. The van der Waals surface area contributed by atoms with Gasteiger partial charge in [0.25, 0.3) is 0 Å². The molecule has 5 heteroatoms. The summed E-state index contributed by atoms with van der Waals surface area (Å²) in [4.78, 5) is 16.0. The third-order valence-electron chi connectivity index (χ3n) is 4.99. The minimum atomic E-state index is 0.140. The number of likely N-dealkylation sites (N-methyl/N-ethyl adjacent to an activating group) is 1. The second-order valence-corrected chi connectivity index (χ2v) is 7.99. The molecule has 1 aromatic heterocycles. The van der Waals surface area contributed by atoms with Gasteiger partial charge in [0.15, 0.2) is 0 Å². The topological polar surface area (TPSA) is 52.6 Å². The highest BCUT2D eigenvalue weighted by Gasteiger charge is 2.25. The summed E-state index contributed by atoms with van der Waals surface area (Å²) in [5.41, 5.74) is 2.49. The Labute approximate surface area is 153 Å². The summed E-state index contributed by atoms with van der Waals surface area (Å²) in [6.45, 7) is 0. The standard InChI is InChI=1S/C20H26N2O2S/c1-22(2)15(13-14-3-6-16(23)7-4-14)5-10-20(24)21-18-8-9-19-17(18)11-12-25-19/h3-4,6-7,11-12,15,18,23H,5,8-10,13H2,1-2H3,(H,21,24)/t15-,18?/m1/s1. The third kappa shape index (κ3) is 4.61. The largest absolute Gasteiger partial charge is 0.508 e. The number of hydrogen-bond donors (Lipinski definition) is 2. The molecular formula is C20H26N2O2S. The Kier molecular flexibility index (Phi) is 5.76. The van der Waals surface area contributed by atoms with Gasteiger partial charge < -0.3 is 15.3 Å². The fourth-order valence-electron chi connectivity index (χ4n) is 3.46. The molecule has 0 fully saturated rings. The minimum Gasteiger partial charge on any atom is -0.508 e. The summed E-state index contributed by atoms with van der Waals surface area (Å²) in [5.74, 6) is 0.426. The van der Waals surface area contributed by atoms with Crippen molar-refractivity contribution in [3.05, 3.63) is 51.7 Å². The molecular weight excluding hydrogens is 332 g/mol. The Hall–Kier alpha value is -1.85. The highest BCUT2D eigenvalue weighted by molar-refractivity contribution is 7.10. The first kappa shape index (κ1) is 18.0. The molecule has 1 heterocycles. The minimum absolute atomic E-state index is 0.140. The van der Waals surface area contributed by atoms with Crippen LogP contribution in [0.5, 0.6) is 5.75 Å². The lowest BCUT2D eigenvalue weighted by atomic mass is 10.0. The predicted molar refractivity (Wildman–Crippen MR) is 102 cm³/mol. The zero-order valence-electron chi connectivity index (χ0n) is 14.9. The molecule has 25 heavy (non-hydrogen) atoms. The van der Waals surface area contributed by atoms with E-state index in [1.165, 1.54) is 16.0 Å². The van der Waals surface area contributed by atoms with E-state index in [0.717, 1.165) is 25.7 Å². The van der Waals surface area contributed by atoms with E-state index >= 15 is 0 Å². The number of phenolic OH excluding ortho intramolecular Hbond substituents is 1. The van der Waals surface area contributed by atoms with Crippen molar-refractivity contribution >= 4 is 17.2 Å². The van der Waals surface area contributed by atoms with Gasteiger partial charge in [0.1, 0.15) is 5.75 Å². The lowest BCUT2D eigenvalue weighted by Gasteiger charge is -2.24. The molecule has 1 aromatic carbocycles. The summed E-state index contributed by atoms with van der Waals surface area (Å²) in [6, 6.07) is 9.97. The van der Waals surface area contributed by atoms with Gasteiger partial charge in [-0.15, -0.1) is 11.3 Å². The van der Waals surface area contributed by atoms with E-state index in [-0.39, 0.29) is 17.7 Å². The van der Waals surface area contributed by atoms with Crippen molar-refractivity contribution < 1.29 is 9.90 Å². The monoisotopic (exact) mass is 358 g/mol. The highest BCUT2D eigenvalue weighted by atomic mass is 32.1. The van der Waals surface area contributed by atoms with Crippen LogP contribution in [0.15, 0.2) is 35.7 Å². The van der Waals surface area contributed by atoms with E-state index < -0.39 is 0 Å². The van der Waals surface area contributed by atoms with Crippen molar-refractivity contribution in [2.75, 3.05) is 14.1 Å². The van der Waals surface area contributed by atoms with Crippen LogP contribution in [-0.2, 0) is 17.6 Å². The van der Waals surface area contributed by atoms with Gasteiger partial charge in [0.05, 0.1) is 6.04 Å². The molecule has 1 aliphatic rings. The Morgan fingerprint density at radius 2 is 2.08 bits per heavy atom. The summed E-state index contributed by atoms with van der Waals surface area (Å²) < 4.78 is 0. The fraction of sp³-hybridized carbons (Fsp3) is 0.450. The van der Waals surface area contributed by atoms with Crippen LogP contribution in [0.25, 0.3) is 0 Å². The molecule has 0 radical (unpaired) electrons. The maximum atomic E-state index is 12.4. The summed E-state index contributed by atoms with van der Waals surface area (Å²) in [7, 11) is 4.11. The van der Waals surface area contributed by atoms with Gasteiger partial charge in [-0.25, -0.2) is 0 Å². The zero-order valence-corrected chi connectivity index (χ0v) is 15.7. The second-order valence-electron chi connectivity index (χ2n) is 6.98. The van der Waals surface area contributed by atoms with Crippen molar-refractivity contribution in [2.24, 2.45) is 0 Å². The van der Waals surface area contributed by atoms with E-state index in [1.807, 2.05) is 12.1 Å². The van der Waals surface area contributed by atoms with Crippen molar-refractivity contribution in [1.29, 1.82) is 0 Å². The molecule has 1 unspecified atom stereocenters. The maximum Gasteiger partial charge on any atom is 0.220 e. The number of carbonyl (C=O) groups is 1. The number of thiophene rings is 1. The lowest BCUT2D eigenvalue weighted by molar-refractivity contribution is -0.122. The summed E-state index contributed by atoms with van der Waals surface area (Å²) >= 11 is 1.79. The van der Waals surface area contributed by atoms with Crippen LogP contribution in [0.1, 0.15) is 41.3 Å². The number of phenols is 1. The third-order valence-corrected chi connectivity index (χ3v) is 5.99. The number of nitrogens with one attached hydrogen (secondary N) is 1. The molecule has 2 aromatic rings. The first-order chi connectivity index (χ1) is 12.0. The average molecular weight is 359 g/mol. The van der Waals surface area contributed by atoms with Crippen LogP contribution >= 0.6 is 11.3 Å². The van der Waals surface area contributed by atoms with Gasteiger partial charge >= 0.3 is 0 Å². The summed E-state index contributed by atoms with van der Waals surface area (Å²) in [5, 5.41) is 14.7. The molecule has 3 rings (SSSR count). The smallest absolute Gasteiger partial charge is 0.220 e. The second kappa shape index (κ2) is 8.02. The SMILES string of the molecule is CN(C)[C@H](CCC(=O)NC1CCc2sccc21)Cc1ccc(O)cc1. The van der Waals surface area contributed by atoms with Crippen LogP contribution in [0, 0.1) is 0 Å². The van der Waals surface area contributed by atoms with Crippen LogP contribution < -0.4 is 5.32 Å². The number of fused-ring (bicyclic) bond motifs is 1. The van der Waals surface area contributed by atoms with Gasteiger partial charge in [-0.05, 0) is 74.5 Å². The van der Waals surface area contributed by atoms with Crippen molar-refractivity contribution in [3.8, 4) is 5.75 Å². The number of carbonyl (C=O) groups excluding carboxylic acids is 1. The van der Waals surface area contributed by atoms with Crippen molar-refractivity contribution in [3.63, 3.8) is 0 Å². The van der Waals surface area contributed by atoms with E-state index in [4.69, 9.17) is 0 Å². The predicted octanol–water partition coefficient (Wildman–Crippen LogP) is 3.51. The number of amides is 1. The quantitative estimate of drug-likeness (QED) is 0.796. The molecule has 0 saturated carbocycles. The molecule has 2 atom stereocenters. The van der Waals surface area contributed by atoms with Crippen LogP contribution in [0.2, 0.25) is 0 Å². The molecule has 0 aliphatic heterocycles. The maximum absolute atomic E-state index is 12.4. The average Bonchev–Trinajstić information content (AvgIpc) is 3.18. The van der Waals surface area contributed by atoms with Crippen molar-refractivity contribution in [1.82, 2.24) is 10.2 Å². The van der Waals surface area contributed by atoms with E-state index in [9.17, 15) is 9.90 Å². The number of nitrogens with zero attached hydrogens (tertiary/aromatic N) is 1. The van der Waals surface area contributed by atoms with Crippen LogP contribution in [0.4, 0.5) is 0 Å². The van der Waals surface area contributed by atoms with Gasteiger partial charge in [-0.3, -0.25) is 4.79 Å². The summed E-state index contributed by atoms with van der Waals surface area (Å²) in [6.07, 6.45) is 4.34.